The molecule has 1 aromatic carbocycles. The fourth-order valence-electron chi connectivity index (χ4n) is 2.32. The molecule has 0 saturated heterocycles. The molecule has 25 heavy (non-hydrogen) atoms. The van der Waals surface area contributed by atoms with Crippen molar-refractivity contribution in [2.45, 2.75) is 45.1 Å². The molecule has 0 aliphatic heterocycles. The predicted octanol–water partition coefficient (Wildman–Crippen LogP) is 2.35. The summed E-state index contributed by atoms with van der Waals surface area (Å²) in [5.74, 6) is -1.18. The van der Waals surface area contributed by atoms with Crippen LogP contribution in [0.15, 0.2) is 24.3 Å². The number of nitrogens with one attached hydrogen (secondary N) is 1. The molecule has 3 N–H and O–H groups in total. The summed E-state index contributed by atoms with van der Waals surface area (Å²) in [4.78, 5) is 35.0. The van der Waals surface area contributed by atoms with E-state index in [1.165, 1.54) is 7.11 Å². The van der Waals surface area contributed by atoms with Crippen molar-refractivity contribution >= 4 is 18.0 Å². The number of hydrogen-bond acceptors (Lipinski definition) is 5. The normalized spacial score (nSPS) is 12.8. The third-order valence-electron chi connectivity index (χ3n) is 3.83. The molecule has 0 aliphatic carbocycles. The lowest BCUT2D eigenvalue weighted by Crippen LogP contribution is -2.45. The van der Waals surface area contributed by atoms with Crippen molar-refractivity contribution in [3.8, 4) is 0 Å². The number of primary amides is 1. The van der Waals surface area contributed by atoms with Crippen molar-refractivity contribution in [1.82, 2.24) is 5.32 Å². The topological polar surface area (TPSA) is 108 Å². The number of amides is 2. The van der Waals surface area contributed by atoms with Crippen LogP contribution in [0.2, 0.25) is 0 Å². The zero-order valence-electron chi connectivity index (χ0n) is 14.9. The maximum Gasteiger partial charge on any atom is 0.407 e. The average Bonchev–Trinajstić information content (AvgIpc) is 2.60. The summed E-state index contributed by atoms with van der Waals surface area (Å²) in [5, 5.41) is 2.50. The zero-order valence-corrected chi connectivity index (χ0v) is 14.9. The number of nitrogens with two attached hydrogens (primary N) is 1. The molecule has 0 bridgehead atoms. The van der Waals surface area contributed by atoms with Crippen LogP contribution in [0.1, 0.15) is 54.9 Å². The first-order valence-electron chi connectivity index (χ1n) is 8.29. The molecule has 0 aliphatic rings. The highest BCUT2D eigenvalue weighted by molar-refractivity contribution is 5.89. The van der Waals surface area contributed by atoms with E-state index in [4.69, 9.17) is 15.2 Å². The predicted molar refractivity (Wildman–Crippen MR) is 93.2 cm³/mol. The summed E-state index contributed by atoms with van der Waals surface area (Å²) < 4.78 is 9.70. The van der Waals surface area contributed by atoms with Gasteiger partial charge in [-0.3, -0.25) is 4.79 Å². The van der Waals surface area contributed by atoms with Gasteiger partial charge in [0.25, 0.3) is 0 Å². The highest BCUT2D eigenvalue weighted by atomic mass is 16.5. The van der Waals surface area contributed by atoms with E-state index in [9.17, 15) is 14.4 Å². The van der Waals surface area contributed by atoms with Gasteiger partial charge in [-0.1, -0.05) is 32.4 Å². The fourth-order valence-corrected chi connectivity index (χ4v) is 2.32. The number of methoxy groups -OCH3 is 1. The van der Waals surface area contributed by atoms with Crippen LogP contribution in [0, 0.1) is 0 Å². The average molecular weight is 350 g/mol. The highest BCUT2D eigenvalue weighted by Gasteiger charge is 2.22. The lowest BCUT2D eigenvalue weighted by atomic mass is 9.92. The molecular weight excluding hydrogens is 324 g/mol. The number of benzene rings is 1. The second-order valence-electron chi connectivity index (χ2n) is 5.84. The van der Waals surface area contributed by atoms with Crippen LogP contribution < -0.4 is 11.1 Å². The Balaban J connectivity index is 2.73. The van der Waals surface area contributed by atoms with Crippen molar-refractivity contribution in [3.05, 3.63) is 35.4 Å². The Bertz CT molecular complexity index is 603. The van der Waals surface area contributed by atoms with Crippen LogP contribution in [0.3, 0.4) is 0 Å². The van der Waals surface area contributed by atoms with Crippen LogP contribution in [-0.4, -0.2) is 37.7 Å². The number of alkyl carbamates (subject to hydrolysis) is 1. The summed E-state index contributed by atoms with van der Waals surface area (Å²) in [6.07, 6.45) is 1.29. The van der Waals surface area contributed by atoms with E-state index >= 15 is 0 Å². The summed E-state index contributed by atoms with van der Waals surface area (Å²) >= 11 is 0. The van der Waals surface area contributed by atoms with Crippen LogP contribution >= 0.6 is 0 Å². The van der Waals surface area contributed by atoms with Gasteiger partial charge in [0.1, 0.15) is 6.04 Å². The van der Waals surface area contributed by atoms with E-state index in [0.717, 1.165) is 18.4 Å². The Hall–Kier alpha value is -2.57. The third-order valence-corrected chi connectivity index (χ3v) is 3.83. The lowest BCUT2D eigenvalue weighted by molar-refractivity contribution is -0.120. The standard InChI is InChI=1S/C18H26N2O5/c1-4-5-9-25-18(23)20-15(16(19)21)10-12(2)13-7-6-8-14(11-13)17(22)24-3/h6-8,11-12,15H,4-5,9-10H2,1-3H3,(H2,19,21)(H,20,23)/t12?,15-/m0/s1. The fraction of sp³-hybridized carbons (Fsp3) is 0.500. The minimum Gasteiger partial charge on any atom is -0.465 e. The smallest absolute Gasteiger partial charge is 0.407 e. The van der Waals surface area contributed by atoms with Gasteiger partial charge in [0.15, 0.2) is 0 Å². The summed E-state index contributed by atoms with van der Waals surface area (Å²) in [6, 6.07) is 6.08. The van der Waals surface area contributed by atoms with Gasteiger partial charge in [0, 0.05) is 0 Å². The van der Waals surface area contributed by atoms with Crippen molar-refractivity contribution in [2.24, 2.45) is 5.73 Å². The van der Waals surface area contributed by atoms with Crippen LogP contribution in [0.25, 0.3) is 0 Å². The molecule has 138 valence electrons. The van der Waals surface area contributed by atoms with Gasteiger partial charge < -0.3 is 20.5 Å². The molecule has 2 atom stereocenters. The van der Waals surface area contributed by atoms with E-state index in [1.807, 2.05) is 19.9 Å². The highest BCUT2D eigenvalue weighted by Crippen LogP contribution is 2.22. The van der Waals surface area contributed by atoms with Gasteiger partial charge in [-0.15, -0.1) is 0 Å². The Morgan fingerprint density at radius 3 is 2.60 bits per heavy atom. The summed E-state index contributed by atoms with van der Waals surface area (Å²) in [6.45, 7) is 4.17. The quantitative estimate of drug-likeness (QED) is 0.525. The molecule has 7 nitrogen and oxygen atoms in total. The first-order chi connectivity index (χ1) is 11.9. The van der Waals surface area contributed by atoms with E-state index in [0.29, 0.717) is 18.6 Å². The number of rotatable bonds is 9. The Kier molecular flexibility index (Phi) is 8.46. The van der Waals surface area contributed by atoms with Gasteiger partial charge in [-0.2, -0.15) is 0 Å². The van der Waals surface area contributed by atoms with Crippen LogP contribution in [0.5, 0.6) is 0 Å². The van der Waals surface area contributed by atoms with Crippen LogP contribution in [-0.2, 0) is 14.3 Å². The summed E-state index contributed by atoms with van der Waals surface area (Å²) in [5.41, 5.74) is 6.65. The van der Waals surface area contributed by atoms with E-state index < -0.39 is 24.0 Å². The number of ether oxygens (including phenoxy) is 2. The minimum atomic E-state index is -0.856. The molecule has 0 aromatic heterocycles. The molecule has 0 saturated carbocycles. The first-order valence-corrected chi connectivity index (χ1v) is 8.29. The Morgan fingerprint density at radius 1 is 1.28 bits per heavy atom. The molecule has 0 fully saturated rings. The van der Waals surface area contributed by atoms with Crippen LogP contribution in [0.4, 0.5) is 4.79 Å². The largest absolute Gasteiger partial charge is 0.465 e. The van der Waals surface area contributed by atoms with E-state index in [-0.39, 0.29) is 5.92 Å². The number of unbranched alkanes of at least 4 members (excludes halogenated alkanes) is 1. The molecule has 0 heterocycles. The lowest BCUT2D eigenvalue weighted by Gasteiger charge is -2.20. The molecule has 2 amide bonds. The maximum absolute atomic E-state index is 11.7. The number of esters is 1. The zero-order chi connectivity index (χ0) is 18.8. The molecule has 1 aromatic rings. The third kappa shape index (κ3) is 6.82. The second-order valence-corrected chi connectivity index (χ2v) is 5.84. The number of carbonyl (C=O) groups excluding carboxylic acids is 3. The minimum absolute atomic E-state index is 0.113. The van der Waals surface area contributed by atoms with Crippen molar-refractivity contribution in [3.63, 3.8) is 0 Å². The SMILES string of the molecule is CCCCOC(=O)N[C@@H](CC(C)c1cccc(C(=O)OC)c1)C(N)=O. The van der Waals surface area contributed by atoms with Gasteiger partial charge in [-0.05, 0) is 36.5 Å². The molecule has 0 radical (unpaired) electrons. The molecule has 1 rings (SSSR count). The number of carbonyl (C=O) groups is 3. The van der Waals surface area contributed by atoms with Crippen molar-refractivity contribution in [2.75, 3.05) is 13.7 Å². The van der Waals surface area contributed by atoms with E-state index in [1.54, 1.807) is 18.2 Å². The molecule has 7 heteroatoms. The second kappa shape index (κ2) is 10.3. The Morgan fingerprint density at radius 2 is 2.00 bits per heavy atom. The van der Waals surface area contributed by atoms with Gasteiger partial charge in [0.2, 0.25) is 5.91 Å². The monoisotopic (exact) mass is 350 g/mol. The molecule has 0 spiro atoms. The first kappa shape index (κ1) is 20.5. The summed E-state index contributed by atoms with van der Waals surface area (Å²) in [7, 11) is 1.32. The van der Waals surface area contributed by atoms with Gasteiger partial charge in [-0.25, -0.2) is 9.59 Å². The van der Waals surface area contributed by atoms with Gasteiger partial charge >= 0.3 is 12.1 Å². The van der Waals surface area contributed by atoms with Crippen molar-refractivity contribution < 1.29 is 23.9 Å². The Labute approximate surface area is 147 Å². The van der Waals surface area contributed by atoms with Crippen molar-refractivity contribution in [1.29, 1.82) is 0 Å². The van der Waals surface area contributed by atoms with E-state index in [2.05, 4.69) is 5.32 Å². The molecule has 1 unspecified atom stereocenters. The molecular formula is C18H26N2O5. The maximum atomic E-state index is 11.7. The van der Waals surface area contributed by atoms with Gasteiger partial charge in [0.05, 0.1) is 19.3 Å². The number of hydrogen-bond donors (Lipinski definition) is 2.